The molecule has 2 aliphatic rings. The van der Waals surface area contributed by atoms with Crippen molar-refractivity contribution in [1.29, 1.82) is 0 Å². The highest BCUT2D eigenvalue weighted by Gasteiger charge is 2.27. The molecule has 3 unspecified atom stereocenters. The summed E-state index contributed by atoms with van der Waals surface area (Å²) in [5, 5.41) is 7.44. The molecule has 0 bridgehead atoms. The number of morpholine rings is 1. The fourth-order valence-corrected chi connectivity index (χ4v) is 2.90. The van der Waals surface area contributed by atoms with Crippen LogP contribution >= 0.6 is 0 Å². The van der Waals surface area contributed by atoms with E-state index in [4.69, 9.17) is 9.26 Å². The number of nitrogens with zero attached hydrogens (tertiary/aromatic N) is 2. The molecule has 2 heterocycles. The van der Waals surface area contributed by atoms with Crippen molar-refractivity contribution in [2.75, 3.05) is 19.7 Å². The maximum Gasteiger partial charge on any atom is 0.229 e. The first-order chi connectivity index (χ1) is 8.81. The highest BCUT2D eigenvalue weighted by Crippen LogP contribution is 2.36. The summed E-state index contributed by atoms with van der Waals surface area (Å²) in [6.07, 6.45) is 4.57. The van der Waals surface area contributed by atoms with Gasteiger partial charge in [0.2, 0.25) is 5.89 Å². The van der Waals surface area contributed by atoms with Crippen molar-refractivity contribution in [1.82, 2.24) is 15.5 Å². The van der Waals surface area contributed by atoms with Gasteiger partial charge in [-0.1, -0.05) is 12.1 Å². The van der Waals surface area contributed by atoms with Crippen LogP contribution < -0.4 is 5.32 Å². The maximum atomic E-state index is 5.64. The number of nitrogens with one attached hydrogen (secondary N) is 1. The van der Waals surface area contributed by atoms with Crippen LogP contribution in [0.4, 0.5) is 0 Å². The Hall–Kier alpha value is -0.940. The van der Waals surface area contributed by atoms with E-state index in [1.54, 1.807) is 0 Å². The quantitative estimate of drug-likeness (QED) is 0.882. The van der Waals surface area contributed by atoms with E-state index in [1.165, 1.54) is 19.3 Å². The second kappa shape index (κ2) is 5.36. The zero-order valence-corrected chi connectivity index (χ0v) is 10.9. The van der Waals surface area contributed by atoms with Gasteiger partial charge < -0.3 is 14.6 Å². The highest BCUT2D eigenvalue weighted by molar-refractivity contribution is 4.99. The van der Waals surface area contributed by atoms with Crippen LogP contribution in [0.5, 0.6) is 0 Å². The number of hydrogen-bond donors (Lipinski definition) is 1. The van der Waals surface area contributed by atoms with Crippen LogP contribution in [0.1, 0.15) is 43.8 Å². The summed E-state index contributed by atoms with van der Waals surface area (Å²) in [4.78, 5) is 4.54. The third kappa shape index (κ3) is 2.72. The first kappa shape index (κ1) is 12.1. The summed E-state index contributed by atoms with van der Waals surface area (Å²) >= 11 is 0. The van der Waals surface area contributed by atoms with E-state index in [0.717, 1.165) is 43.8 Å². The van der Waals surface area contributed by atoms with Crippen molar-refractivity contribution >= 4 is 0 Å². The van der Waals surface area contributed by atoms with E-state index < -0.39 is 0 Å². The Labute approximate surface area is 107 Å². The monoisotopic (exact) mass is 251 g/mol. The van der Waals surface area contributed by atoms with Gasteiger partial charge in [0.25, 0.3) is 0 Å². The predicted octanol–water partition coefficient (Wildman–Crippen LogP) is 1.50. The summed E-state index contributed by atoms with van der Waals surface area (Å²) in [6.45, 7) is 4.87. The first-order valence-electron chi connectivity index (χ1n) is 6.96. The lowest BCUT2D eigenvalue weighted by atomic mass is 10.1. The summed E-state index contributed by atoms with van der Waals surface area (Å²) in [5.74, 6) is 2.92. The van der Waals surface area contributed by atoms with Crippen LogP contribution in [-0.4, -0.2) is 35.9 Å². The minimum Gasteiger partial charge on any atom is -0.375 e. The molecular formula is C13H21N3O2. The molecule has 18 heavy (non-hydrogen) atoms. The Kier molecular flexibility index (Phi) is 3.61. The smallest absolute Gasteiger partial charge is 0.229 e. The van der Waals surface area contributed by atoms with Crippen molar-refractivity contribution in [3.8, 4) is 0 Å². The molecule has 1 saturated heterocycles. The predicted molar refractivity (Wildman–Crippen MR) is 66.4 cm³/mol. The summed E-state index contributed by atoms with van der Waals surface area (Å²) in [5.41, 5.74) is 0. The van der Waals surface area contributed by atoms with E-state index in [0.29, 0.717) is 5.92 Å². The number of rotatable bonds is 3. The van der Waals surface area contributed by atoms with E-state index in [1.807, 2.05) is 0 Å². The van der Waals surface area contributed by atoms with Gasteiger partial charge >= 0.3 is 0 Å². The Balaban J connectivity index is 1.59. The Bertz CT molecular complexity index is 387. The number of ether oxygens (including phenoxy) is 1. The van der Waals surface area contributed by atoms with Gasteiger partial charge in [0, 0.05) is 19.0 Å². The molecule has 1 aliphatic heterocycles. The molecule has 3 rings (SSSR count). The zero-order chi connectivity index (χ0) is 12.4. The van der Waals surface area contributed by atoms with E-state index in [9.17, 15) is 0 Å². The molecule has 5 nitrogen and oxygen atoms in total. The molecular weight excluding hydrogens is 230 g/mol. The summed E-state index contributed by atoms with van der Waals surface area (Å²) in [7, 11) is 0. The van der Waals surface area contributed by atoms with Gasteiger partial charge in [-0.05, 0) is 25.2 Å². The van der Waals surface area contributed by atoms with Gasteiger partial charge in [0.05, 0.1) is 19.1 Å². The average molecular weight is 251 g/mol. The fourth-order valence-electron chi connectivity index (χ4n) is 2.90. The van der Waals surface area contributed by atoms with Crippen molar-refractivity contribution in [2.45, 2.75) is 44.6 Å². The van der Waals surface area contributed by atoms with Crippen molar-refractivity contribution in [2.24, 2.45) is 5.92 Å². The molecule has 0 amide bonds. The van der Waals surface area contributed by atoms with Gasteiger partial charge in [-0.15, -0.1) is 0 Å². The normalized spacial score (nSPS) is 32.8. The van der Waals surface area contributed by atoms with Crippen LogP contribution in [0.3, 0.4) is 0 Å². The van der Waals surface area contributed by atoms with Crippen LogP contribution in [0, 0.1) is 5.92 Å². The van der Waals surface area contributed by atoms with Gasteiger partial charge in [0.1, 0.15) is 0 Å². The minimum absolute atomic E-state index is 0.176. The molecule has 1 aromatic heterocycles. The Morgan fingerprint density at radius 1 is 1.39 bits per heavy atom. The van der Waals surface area contributed by atoms with Gasteiger partial charge in [-0.25, -0.2) is 0 Å². The summed E-state index contributed by atoms with van der Waals surface area (Å²) < 4.78 is 11.0. The molecule has 1 aliphatic carbocycles. The van der Waals surface area contributed by atoms with Crippen molar-refractivity contribution < 1.29 is 9.26 Å². The second-order valence-electron chi connectivity index (χ2n) is 5.56. The average Bonchev–Trinajstić information content (AvgIpc) is 2.99. The van der Waals surface area contributed by atoms with E-state index in [2.05, 4.69) is 22.4 Å². The van der Waals surface area contributed by atoms with E-state index in [-0.39, 0.29) is 6.10 Å². The van der Waals surface area contributed by atoms with Crippen LogP contribution in [0.15, 0.2) is 4.52 Å². The topological polar surface area (TPSA) is 60.2 Å². The summed E-state index contributed by atoms with van der Waals surface area (Å²) in [6, 6.07) is 0. The van der Waals surface area contributed by atoms with E-state index >= 15 is 0 Å². The second-order valence-corrected chi connectivity index (χ2v) is 5.56. The van der Waals surface area contributed by atoms with Gasteiger partial charge in [0.15, 0.2) is 5.82 Å². The maximum absolute atomic E-state index is 5.64. The molecule has 0 aromatic carbocycles. The third-order valence-electron chi connectivity index (χ3n) is 3.95. The lowest BCUT2D eigenvalue weighted by molar-refractivity contribution is 0.0246. The molecule has 1 aromatic rings. The minimum atomic E-state index is 0.176. The molecule has 1 N–H and O–H groups in total. The third-order valence-corrected chi connectivity index (χ3v) is 3.95. The molecule has 100 valence electrons. The molecule has 0 radical (unpaired) electrons. The molecule has 1 saturated carbocycles. The zero-order valence-electron chi connectivity index (χ0n) is 10.9. The lowest BCUT2D eigenvalue weighted by Gasteiger charge is -2.21. The molecule has 2 fully saturated rings. The van der Waals surface area contributed by atoms with Gasteiger partial charge in [-0.3, -0.25) is 0 Å². The Morgan fingerprint density at radius 3 is 3.06 bits per heavy atom. The molecule has 0 spiro atoms. The molecule has 5 heteroatoms. The van der Waals surface area contributed by atoms with Crippen LogP contribution in [0.2, 0.25) is 0 Å². The van der Waals surface area contributed by atoms with Crippen LogP contribution in [0.25, 0.3) is 0 Å². The highest BCUT2D eigenvalue weighted by atomic mass is 16.5. The van der Waals surface area contributed by atoms with Gasteiger partial charge in [-0.2, -0.15) is 4.98 Å². The Morgan fingerprint density at radius 2 is 2.33 bits per heavy atom. The van der Waals surface area contributed by atoms with Crippen LogP contribution in [-0.2, 0) is 11.2 Å². The number of hydrogen-bond acceptors (Lipinski definition) is 5. The standard InChI is InChI=1S/C13H21N3O2/c1-9-2-3-10(6-9)13-15-12(18-16-13)7-11-8-14-4-5-17-11/h9-11,14H,2-8H2,1H3. The first-order valence-corrected chi connectivity index (χ1v) is 6.96. The van der Waals surface area contributed by atoms with Crippen molar-refractivity contribution in [3.05, 3.63) is 11.7 Å². The fraction of sp³-hybridized carbons (Fsp3) is 0.846. The molecule has 3 atom stereocenters. The number of aromatic nitrogens is 2. The SMILES string of the molecule is CC1CCC(c2noc(CC3CNCCO3)n2)C1. The lowest BCUT2D eigenvalue weighted by Crippen LogP contribution is -2.39. The largest absolute Gasteiger partial charge is 0.375 e. The van der Waals surface area contributed by atoms with Crippen molar-refractivity contribution in [3.63, 3.8) is 0 Å².